The molecule has 3 nitrogen and oxygen atoms in total. The summed E-state index contributed by atoms with van der Waals surface area (Å²) < 4.78 is 5.53. The molecule has 0 aromatic heterocycles. The van der Waals surface area contributed by atoms with Crippen LogP contribution in [-0.4, -0.2) is 49.0 Å². The number of aliphatic hydroxyl groups excluding tert-OH is 1. The minimum atomic E-state index is 0.296. The van der Waals surface area contributed by atoms with Gasteiger partial charge >= 0.3 is 0 Å². The maximum atomic E-state index is 9.10. The lowest BCUT2D eigenvalue weighted by Crippen LogP contribution is -2.35. The second-order valence-corrected chi connectivity index (χ2v) is 4.48. The van der Waals surface area contributed by atoms with Crippen LogP contribution >= 0.6 is 0 Å². The Labute approximate surface area is 87.1 Å². The van der Waals surface area contributed by atoms with E-state index in [1.807, 2.05) is 0 Å². The van der Waals surface area contributed by atoms with Crippen molar-refractivity contribution < 1.29 is 9.84 Å². The minimum absolute atomic E-state index is 0.296. The standard InChI is InChI=1S/C11H23NO2/c1-10(2)9-14-7-6-12-5-3-4-11(12)8-13/h10-11,13H,3-9H2,1-2H3. The average Bonchev–Trinajstić information content (AvgIpc) is 2.59. The van der Waals surface area contributed by atoms with Gasteiger partial charge in [-0.3, -0.25) is 4.90 Å². The third-order valence-corrected chi connectivity index (χ3v) is 2.68. The van der Waals surface area contributed by atoms with Gasteiger partial charge < -0.3 is 9.84 Å². The molecule has 1 heterocycles. The Bertz CT molecular complexity index is 150. The maximum absolute atomic E-state index is 9.10. The topological polar surface area (TPSA) is 32.7 Å². The Morgan fingerprint density at radius 1 is 1.50 bits per heavy atom. The van der Waals surface area contributed by atoms with Crippen molar-refractivity contribution in [3.63, 3.8) is 0 Å². The Balaban J connectivity index is 2.05. The molecule has 1 saturated heterocycles. The normalized spacial score (nSPS) is 23.6. The summed E-state index contributed by atoms with van der Waals surface area (Å²) in [6.07, 6.45) is 2.36. The molecule has 0 saturated carbocycles. The molecule has 0 bridgehead atoms. The van der Waals surface area contributed by atoms with Crippen molar-refractivity contribution in [2.75, 3.05) is 32.9 Å². The molecule has 1 aliphatic rings. The Morgan fingerprint density at radius 3 is 2.93 bits per heavy atom. The SMILES string of the molecule is CC(C)COCCN1CCCC1CO. The number of ether oxygens (including phenoxy) is 1. The van der Waals surface area contributed by atoms with E-state index in [9.17, 15) is 0 Å². The van der Waals surface area contributed by atoms with E-state index >= 15 is 0 Å². The van der Waals surface area contributed by atoms with Crippen molar-refractivity contribution in [3.05, 3.63) is 0 Å². The van der Waals surface area contributed by atoms with Gasteiger partial charge in [0.25, 0.3) is 0 Å². The van der Waals surface area contributed by atoms with E-state index in [2.05, 4.69) is 18.7 Å². The van der Waals surface area contributed by atoms with Gasteiger partial charge in [0.2, 0.25) is 0 Å². The number of likely N-dealkylation sites (tertiary alicyclic amines) is 1. The van der Waals surface area contributed by atoms with Crippen LogP contribution in [0.4, 0.5) is 0 Å². The molecule has 1 atom stereocenters. The van der Waals surface area contributed by atoms with Crippen LogP contribution in [0.25, 0.3) is 0 Å². The van der Waals surface area contributed by atoms with Crippen LogP contribution < -0.4 is 0 Å². The van der Waals surface area contributed by atoms with Gasteiger partial charge in [0.05, 0.1) is 13.2 Å². The highest BCUT2D eigenvalue weighted by Gasteiger charge is 2.22. The Morgan fingerprint density at radius 2 is 2.29 bits per heavy atom. The Hall–Kier alpha value is -0.120. The summed E-state index contributed by atoms with van der Waals surface area (Å²) in [5, 5.41) is 9.10. The second kappa shape index (κ2) is 6.38. The van der Waals surface area contributed by atoms with E-state index in [0.717, 1.165) is 32.7 Å². The molecule has 1 aliphatic heterocycles. The fourth-order valence-corrected chi connectivity index (χ4v) is 1.90. The lowest BCUT2D eigenvalue weighted by molar-refractivity contribution is 0.0719. The van der Waals surface area contributed by atoms with Crippen LogP contribution in [0.5, 0.6) is 0 Å². The highest BCUT2D eigenvalue weighted by molar-refractivity contribution is 4.77. The van der Waals surface area contributed by atoms with Crippen molar-refractivity contribution in [3.8, 4) is 0 Å². The predicted molar refractivity (Wildman–Crippen MR) is 57.3 cm³/mol. The minimum Gasteiger partial charge on any atom is -0.395 e. The van der Waals surface area contributed by atoms with Crippen LogP contribution in [0.3, 0.4) is 0 Å². The first-order valence-electron chi connectivity index (χ1n) is 5.66. The molecule has 0 amide bonds. The zero-order valence-corrected chi connectivity index (χ0v) is 9.41. The quantitative estimate of drug-likeness (QED) is 0.654. The van der Waals surface area contributed by atoms with Crippen LogP contribution in [0.2, 0.25) is 0 Å². The van der Waals surface area contributed by atoms with Crippen LogP contribution in [-0.2, 0) is 4.74 Å². The van der Waals surface area contributed by atoms with Crippen LogP contribution in [0.15, 0.2) is 0 Å². The molecule has 3 heteroatoms. The number of aliphatic hydroxyl groups is 1. The summed E-state index contributed by atoms with van der Waals surface area (Å²) >= 11 is 0. The third-order valence-electron chi connectivity index (χ3n) is 2.68. The summed E-state index contributed by atoms with van der Waals surface area (Å²) in [6.45, 7) is 8.35. The number of hydrogen-bond donors (Lipinski definition) is 1. The lowest BCUT2D eigenvalue weighted by Gasteiger charge is -2.22. The van der Waals surface area contributed by atoms with Crippen molar-refractivity contribution in [1.82, 2.24) is 4.90 Å². The molecule has 0 radical (unpaired) electrons. The van der Waals surface area contributed by atoms with Gasteiger partial charge in [0, 0.05) is 19.2 Å². The van der Waals surface area contributed by atoms with Gasteiger partial charge in [0.1, 0.15) is 0 Å². The maximum Gasteiger partial charge on any atom is 0.0593 e. The molecule has 1 fully saturated rings. The predicted octanol–water partition coefficient (Wildman–Crippen LogP) is 1.12. The lowest BCUT2D eigenvalue weighted by atomic mass is 10.2. The van der Waals surface area contributed by atoms with E-state index in [4.69, 9.17) is 9.84 Å². The molecule has 0 spiro atoms. The molecule has 1 rings (SSSR count). The number of rotatable bonds is 6. The van der Waals surface area contributed by atoms with Gasteiger partial charge in [0.15, 0.2) is 0 Å². The van der Waals surface area contributed by atoms with E-state index < -0.39 is 0 Å². The van der Waals surface area contributed by atoms with Crippen molar-refractivity contribution in [2.45, 2.75) is 32.7 Å². The summed E-state index contributed by atoms with van der Waals surface area (Å²) in [5.74, 6) is 0.613. The van der Waals surface area contributed by atoms with Crippen molar-refractivity contribution >= 4 is 0 Å². The summed E-state index contributed by atoms with van der Waals surface area (Å²) in [4.78, 5) is 2.33. The van der Waals surface area contributed by atoms with E-state index in [-0.39, 0.29) is 0 Å². The summed E-state index contributed by atoms with van der Waals surface area (Å²) in [5.41, 5.74) is 0. The smallest absolute Gasteiger partial charge is 0.0593 e. The summed E-state index contributed by atoms with van der Waals surface area (Å²) in [7, 11) is 0. The van der Waals surface area contributed by atoms with Gasteiger partial charge in [-0.15, -0.1) is 0 Å². The molecule has 1 N–H and O–H groups in total. The van der Waals surface area contributed by atoms with Gasteiger partial charge in [-0.05, 0) is 25.3 Å². The van der Waals surface area contributed by atoms with Gasteiger partial charge in [-0.1, -0.05) is 13.8 Å². The molecule has 0 aliphatic carbocycles. The zero-order chi connectivity index (χ0) is 10.4. The number of nitrogens with zero attached hydrogens (tertiary/aromatic N) is 1. The van der Waals surface area contributed by atoms with E-state index in [1.54, 1.807) is 0 Å². The van der Waals surface area contributed by atoms with Crippen LogP contribution in [0, 0.1) is 5.92 Å². The molecule has 84 valence electrons. The zero-order valence-electron chi connectivity index (χ0n) is 9.41. The van der Waals surface area contributed by atoms with Crippen molar-refractivity contribution in [2.24, 2.45) is 5.92 Å². The fourth-order valence-electron chi connectivity index (χ4n) is 1.90. The van der Waals surface area contributed by atoms with Gasteiger partial charge in [-0.2, -0.15) is 0 Å². The highest BCUT2D eigenvalue weighted by Crippen LogP contribution is 2.15. The first kappa shape index (κ1) is 12.0. The van der Waals surface area contributed by atoms with Gasteiger partial charge in [-0.25, -0.2) is 0 Å². The average molecular weight is 201 g/mol. The first-order valence-corrected chi connectivity index (χ1v) is 5.66. The van der Waals surface area contributed by atoms with E-state index in [1.165, 1.54) is 6.42 Å². The largest absolute Gasteiger partial charge is 0.395 e. The molecular formula is C11H23NO2. The fraction of sp³-hybridized carbons (Fsp3) is 1.00. The number of hydrogen-bond acceptors (Lipinski definition) is 3. The van der Waals surface area contributed by atoms with E-state index in [0.29, 0.717) is 18.6 Å². The molecule has 1 unspecified atom stereocenters. The molecule has 0 aromatic rings. The molecule has 14 heavy (non-hydrogen) atoms. The molecule has 0 aromatic carbocycles. The monoisotopic (exact) mass is 201 g/mol. The van der Waals surface area contributed by atoms with Crippen LogP contribution in [0.1, 0.15) is 26.7 Å². The second-order valence-electron chi connectivity index (χ2n) is 4.48. The summed E-state index contributed by atoms with van der Waals surface area (Å²) in [6, 6.07) is 0.387. The Kier molecular flexibility index (Phi) is 5.45. The molecular weight excluding hydrogens is 178 g/mol. The highest BCUT2D eigenvalue weighted by atomic mass is 16.5. The first-order chi connectivity index (χ1) is 6.74. The third kappa shape index (κ3) is 3.95. The van der Waals surface area contributed by atoms with Crippen molar-refractivity contribution in [1.29, 1.82) is 0 Å².